The Bertz CT molecular complexity index is 1010. The zero-order valence-electron chi connectivity index (χ0n) is 12.9. The molecule has 0 saturated heterocycles. The zero-order valence-corrected chi connectivity index (χ0v) is 13.7. The fourth-order valence-corrected chi connectivity index (χ4v) is 2.83. The first kappa shape index (κ1) is 16.8. The highest BCUT2D eigenvalue weighted by molar-refractivity contribution is 7.89. The highest BCUT2D eigenvalue weighted by Crippen LogP contribution is 2.16. The van der Waals surface area contributed by atoms with Crippen LogP contribution >= 0.6 is 0 Å². The van der Waals surface area contributed by atoms with Crippen molar-refractivity contribution < 1.29 is 18.3 Å². The standard InChI is InChI=1S/C16H14N4O4S/c17-25(23,24)13-8-6-12(7-9-13)20-14(18-15(19-20)16(21)22)10-11-4-2-1-3-5-11/h1-9H,10H2,(H,21,22)(H2,17,23,24). The van der Waals surface area contributed by atoms with Crippen molar-refractivity contribution in [2.45, 2.75) is 11.3 Å². The molecule has 8 nitrogen and oxygen atoms in total. The first-order valence-electron chi connectivity index (χ1n) is 7.21. The van der Waals surface area contributed by atoms with Crippen LogP contribution in [0.3, 0.4) is 0 Å². The van der Waals surface area contributed by atoms with Crippen LogP contribution in [0.1, 0.15) is 22.0 Å². The summed E-state index contributed by atoms with van der Waals surface area (Å²) < 4.78 is 24.1. The third-order valence-corrected chi connectivity index (χ3v) is 4.41. The number of primary sulfonamides is 1. The van der Waals surface area contributed by atoms with Crippen molar-refractivity contribution in [1.29, 1.82) is 0 Å². The van der Waals surface area contributed by atoms with E-state index in [0.29, 0.717) is 17.9 Å². The van der Waals surface area contributed by atoms with E-state index < -0.39 is 16.0 Å². The molecule has 0 amide bonds. The van der Waals surface area contributed by atoms with Crippen molar-refractivity contribution in [3.05, 3.63) is 71.8 Å². The van der Waals surface area contributed by atoms with E-state index in [2.05, 4.69) is 10.1 Å². The first-order chi connectivity index (χ1) is 11.8. The minimum absolute atomic E-state index is 0.0422. The third kappa shape index (κ3) is 3.73. The second kappa shape index (κ2) is 6.46. The van der Waals surface area contributed by atoms with Crippen molar-refractivity contribution >= 4 is 16.0 Å². The van der Waals surface area contributed by atoms with Crippen molar-refractivity contribution in [3.8, 4) is 5.69 Å². The molecule has 3 N–H and O–H groups in total. The van der Waals surface area contributed by atoms with Crippen molar-refractivity contribution in [2.75, 3.05) is 0 Å². The van der Waals surface area contributed by atoms with Gasteiger partial charge in [0.25, 0.3) is 5.82 Å². The smallest absolute Gasteiger partial charge is 0.375 e. The van der Waals surface area contributed by atoms with Crippen LogP contribution in [0.15, 0.2) is 59.5 Å². The van der Waals surface area contributed by atoms with Crippen LogP contribution in [0.2, 0.25) is 0 Å². The maximum absolute atomic E-state index is 11.3. The highest BCUT2D eigenvalue weighted by Gasteiger charge is 2.17. The van der Waals surface area contributed by atoms with Gasteiger partial charge in [0.2, 0.25) is 10.0 Å². The maximum atomic E-state index is 11.3. The monoisotopic (exact) mass is 358 g/mol. The molecule has 25 heavy (non-hydrogen) atoms. The largest absolute Gasteiger partial charge is 0.475 e. The number of carbonyl (C=O) groups is 1. The molecule has 0 aliphatic heterocycles. The van der Waals surface area contributed by atoms with Gasteiger partial charge in [0.05, 0.1) is 10.6 Å². The Balaban J connectivity index is 2.04. The van der Waals surface area contributed by atoms with Gasteiger partial charge in [0, 0.05) is 6.42 Å². The second-order valence-corrected chi connectivity index (χ2v) is 6.83. The van der Waals surface area contributed by atoms with Gasteiger partial charge in [-0.3, -0.25) is 0 Å². The molecule has 0 radical (unpaired) electrons. The zero-order chi connectivity index (χ0) is 18.0. The number of hydrogen-bond acceptors (Lipinski definition) is 5. The summed E-state index contributed by atoms with van der Waals surface area (Å²) in [6.45, 7) is 0. The van der Waals surface area contributed by atoms with Crippen LogP contribution in [0.25, 0.3) is 5.69 Å². The summed E-state index contributed by atoms with van der Waals surface area (Å²) in [5, 5.41) is 18.2. The summed E-state index contributed by atoms with van der Waals surface area (Å²) in [5.74, 6) is -1.15. The van der Waals surface area contributed by atoms with Gasteiger partial charge in [-0.05, 0) is 29.8 Å². The molecular weight excluding hydrogens is 344 g/mol. The second-order valence-electron chi connectivity index (χ2n) is 5.27. The third-order valence-electron chi connectivity index (χ3n) is 3.48. The lowest BCUT2D eigenvalue weighted by Crippen LogP contribution is -2.12. The quantitative estimate of drug-likeness (QED) is 0.705. The first-order valence-corrected chi connectivity index (χ1v) is 8.75. The molecular formula is C16H14N4O4S. The molecule has 0 aliphatic rings. The molecule has 0 saturated carbocycles. The van der Waals surface area contributed by atoms with Gasteiger partial charge in [-0.25, -0.2) is 28.0 Å². The van der Waals surface area contributed by atoms with E-state index in [1.54, 1.807) is 0 Å². The molecule has 0 unspecified atom stereocenters. The predicted molar refractivity (Wildman–Crippen MR) is 88.9 cm³/mol. The van der Waals surface area contributed by atoms with E-state index >= 15 is 0 Å². The molecule has 0 fully saturated rings. The van der Waals surface area contributed by atoms with E-state index in [9.17, 15) is 13.2 Å². The lowest BCUT2D eigenvalue weighted by Gasteiger charge is -2.07. The summed E-state index contributed by atoms with van der Waals surface area (Å²) in [7, 11) is -3.81. The Kier molecular flexibility index (Phi) is 4.34. The Morgan fingerprint density at radius 3 is 2.28 bits per heavy atom. The van der Waals surface area contributed by atoms with Crippen molar-refractivity contribution in [1.82, 2.24) is 14.8 Å². The number of nitrogens with zero attached hydrogens (tertiary/aromatic N) is 3. The molecule has 0 aliphatic carbocycles. The number of nitrogens with two attached hydrogens (primary N) is 1. The summed E-state index contributed by atoms with van der Waals surface area (Å²) in [4.78, 5) is 15.2. The Hall–Kier alpha value is -3.04. The van der Waals surface area contributed by atoms with Gasteiger partial charge in [-0.15, -0.1) is 5.10 Å². The summed E-state index contributed by atoms with van der Waals surface area (Å²) in [5.41, 5.74) is 1.42. The van der Waals surface area contributed by atoms with Crippen LogP contribution in [0.5, 0.6) is 0 Å². The Morgan fingerprint density at radius 1 is 1.08 bits per heavy atom. The Labute approximate surface area is 143 Å². The topological polar surface area (TPSA) is 128 Å². The summed E-state index contributed by atoms with van der Waals surface area (Å²) in [6.07, 6.45) is 0.373. The number of hydrogen-bond donors (Lipinski definition) is 2. The van der Waals surface area contributed by atoms with Crippen molar-refractivity contribution in [3.63, 3.8) is 0 Å². The molecule has 128 valence electrons. The molecule has 3 rings (SSSR count). The van der Waals surface area contributed by atoms with E-state index in [1.807, 2.05) is 30.3 Å². The lowest BCUT2D eigenvalue weighted by atomic mass is 10.1. The molecule has 0 bridgehead atoms. The minimum atomic E-state index is -3.81. The van der Waals surface area contributed by atoms with Crippen LogP contribution < -0.4 is 5.14 Å². The van der Waals surface area contributed by atoms with E-state index in [0.717, 1.165) is 5.56 Å². The molecule has 3 aromatic rings. The lowest BCUT2D eigenvalue weighted by molar-refractivity contribution is 0.0683. The normalized spacial score (nSPS) is 11.4. The van der Waals surface area contributed by atoms with E-state index in [1.165, 1.54) is 28.9 Å². The number of rotatable bonds is 5. The average molecular weight is 358 g/mol. The molecule has 0 spiro atoms. The number of aromatic nitrogens is 3. The van der Waals surface area contributed by atoms with Gasteiger partial charge < -0.3 is 5.11 Å². The minimum Gasteiger partial charge on any atom is -0.475 e. The van der Waals surface area contributed by atoms with Crippen LogP contribution in [-0.2, 0) is 16.4 Å². The number of aromatic carboxylic acids is 1. The molecule has 2 aromatic carbocycles. The summed E-state index contributed by atoms with van der Waals surface area (Å²) in [6, 6.07) is 15.1. The van der Waals surface area contributed by atoms with Gasteiger partial charge in [0.1, 0.15) is 5.82 Å². The number of benzene rings is 2. The maximum Gasteiger partial charge on any atom is 0.375 e. The Morgan fingerprint density at radius 2 is 1.72 bits per heavy atom. The van der Waals surface area contributed by atoms with Gasteiger partial charge in [-0.2, -0.15) is 0 Å². The van der Waals surface area contributed by atoms with Gasteiger partial charge in [0.15, 0.2) is 0 Å². The van der Waals surface area contributed by atoms with Crippen LogP contribution in [0, 0.1) is 0 Å². The predicted octanol–water partition coefficient (Wildman–Crippen LogP) is 1.20. The molecule has 0 atom stereocenters. The fourth-order valence-electron chi connectivity index (χ4n) is 2.31. The van der Waals surface area contributed by atoms with Crippen molar-refractivity contribution in [2.24, 2.45) is 5.14 Å². The SMILES string of the molecule is NS(=O)(=O)c1ccc(-n2nc(C(=O)O)nc2Cc2ccccc2)cc1. The molecule has 9 heteroatoms. The van der Waals surface area contributed by atoms with Gasteiger partial charge in [-0.1, -0.05) is 30.3 Å². The molecule has 1 heterocycles. The highest BCUT2D eigenvalue weighted by atomic mass is 32.2. The number of sulfonamides is 1. The van der Waals surface area contributed by atoms with Crippen LogP contribution in [0.4, 0.5) is 0 Å². The van der Waals surface area contributed by atoms with E-state index in [-0.39, 0.29) is 10.7 Å². The number of carboxylic acids is 1. The van der Waals surface area contributed by atoms with Crippen LogP contribution in [-0.4, -0.2) is 34.3 Å². The summed E-state index contributed by atoms with van der Waals surface area (Å²) >= 11 is 0. The average Bonchev–Trinajstić information content (AvgIpc) is 2.99. The molecule has 1 aromatic heterocycles. The fraction of sp³-hybridized carbons (Fsp3) is 0.0625. The number of carboxylic acid groups (broad SMARTS) is 1. The van der Waals surface area contributed by atoms with Gasteiger partial charge >= 0.3 is 5.97 Å². The van der Waals surface area contributed by atoms with E-state index in [4.69, 9.17) is 10.2 Å².